The van der Waals surface area contributed by atoms with Crippen molar-refractivity contribution < 1.29 is 0 Å². The van der Waals surface area contributed by atoms with Gasteiger partial charge >= 0.3 is 0 Å². The van der Waals surface area contributed by atoms with Crippen molar-refractivity contribution in [2.75, 3.05) is 6.67 Å². The fourth-order valence-electron chi connectivity index (χ4n) is 2.80. The summed E-state index contributed by atoms with van der Waals surface area (Å²) in [5.41, 5.74) is 4.26. The number of nitrogens with zero attached hydrogens (tertiary/aromatic N) is 2. The van der Waals surface area contributed by atoms with Gasteiger partial charge in [-0.25, -0.2) is 0 Å². The molecule has 0 radical (unpaired) electrons. The van der Waals surface area contributed by atoms with E-state index in [-0.39, 0.29) is 10.8 Å². The maximum atomic E-state index is 4.63. The van der Waals surface area contributed by atoms with Gasteiger partial charge in [0.05, 0.1) is 10.7 Å². The molecule has 1 aliphatic rings. The summed E-state index contributed by atoms with van der Waals surface area (Å²) in [6, 6.07) is 2.31. The van der Waals surface area contributed by atoms with Crippen LogP contribution < -0.4 is 10.7 Å². The van der Waals surface area contributed by atoms with Gasteiger partial charge in [0.15, 0.2) is 0 Å². The standard InChI is InChI=1S/C16H24N2/c1-10-8-11(15(2,3)4)13-14(18-9-17-13)12(10)16(5,6)7/h8H,9H2,1-7H3. The van der Waals surface area contributed by atoms with E-state index in [4.69, 9.17) is 0 Å². The maximum Gasteiger partial charge on any atom is 0.130 e. The Morgan fingerprint density at radius 1 is 0.889 bits per heavy atom. The lowest BCUT2D eigenvalue weighted by Gasteiger charge is -2.25. The Hall–Kier alpha value is -1.18. The molecule has 0 aliphatic carbocycles. The van der Waals surface area contributed by atoms with Crippen molar-refractivity contribution in [2.45, 2.75) is 59.3 Å². The molecular formula is C16H24N2. The molecule has 0 fully saturated rings. The second-order valence-corrected chi connectivity index (χ2v) is 7.27. The highest BCUT2D eigenvalue weighted by Crippen LogP contribution is 2.26. The van der Waals surface area contributed by atoms with Gasteiger partial charge < -0.3 is 0 Å². The Morgan fingerprint density at radius 2 is 1.44 bits per heavy atom. The molecule has 0 saturated heterocycles. The second kappa shape index (κ2) is 3.91. The summed E-state index contributed by atoms with van der Waals surface area (Å²) in [5.74, 6) is 0. The molecule has 2 rings (SSSR count). The van der Waals surface area contributed by atoms with Crippen LogP contribution in [0.4, 0.5) is 0 Å². The molecule has 0 N–H and O–H groups in total. The first-order valence-corrected chi connectivity index (χ1v) is 6.66. The molecule has 1 aliphatic heterocycles. The molecule has 0 spiro atoms. The highest BCUT2D eigenvalue weighted by molar-refractivity contribution is 5.38. The van der Waals surface area contributed by atoms with Crippen LogP contribution in [0.25, 0.3) is 0 Å². The third kappa shape index (κ3) is 2.09. The van der Waals surface area contributed by atoms with E-state index in [1.165, 1.54) is 16.7 Å². The summed E-state index contributed by atoms with van der Waals surface area (Å²) in [7, 11) is 0. The van der Waals surface area contributed by atoms with Gasteiger partial charge in [-0.2, -0.15) is 0 Å². The van der Waals surface area contributed by atoms with E-state index < -0.39 is 0 Å². The predicted octanol–water partition coefficient (Wildman–Crippen LogP) is 2.80. The molecule has 0 unspecified atom stereocenters. The molecule has 18 heavy (non-hydrogen) atoms. The predicted molar refractivity (Wildman–Crippen MR) is 75.8 cm³/mol. The topological polar surface area (TPSA) is 24.7 Å². The van der Waals surface area contributed by atoms with Crippen molar-refractivity contribution in [3.8, 4) is 0 Å². The van der Waals surface area contributed by atoms with Crippen LogP contribution in [0.2, 0.25) is 0 Å². The Balaban J connectivity index is 2.89. The molecule has 0 atom stereocenters. The van der Waals surface area contributed by atoms with E-state index in [0.717, 1.165) is 10.7 Å². The minimum Gasteiger partial charge on any atom is -0.259 e. The van der Waals surface area contributed by atoms with Crippen LogP contribution >= 0.6 is 0 Å². The number of fused-ring (bicyclic) bond motifs is 1. The van der Waals surface area contributed by atoms with E-state index in [1.54, 1.807) is 0 Å². The van der Waals surface area contributed by atoms with Crippen molar-refractivity contribution in [3.63, 3.8) is 0 Å². The van der Waals surface area contributed by atoms with Crippen molar-refractivity contribution in [1.29, 1.82) is 0 Å². The molecule has 98 valence electrons. The number of benzene rings is 1. The Bertz CT molecular complexity index is 596. The lowest BCUT2D eigenvalue weighted by atomic mass is 9.79. The minimum absolute atomic E-state index is 0.119. The van der Waals surface area contributed by atoms with E-state index in [9.17, 15) is 0 Å². The average molecular weight is 244 g/mol. The Morgan fingerprint density at radius 3 is 1.94 bits per heavy atom. The summed E-state index contributed by atoms with van der Waals surface area (Å²) in [6.07, 6.45) is 0. The van der Waals surface area contributed by atoms with Crippen LogP contribution in [-0.2, 0) is 10.8 Å². The van der Waals surface area contributed by atoms with E-state index >= 15 is 0 Å². The summed E-state index contributed by atoms with van der Waals surface area (Å²) in [6.45, 7) is 16.3. The van der Waals surface area contributed by atoms with Crippen LogP contribution in [0.3, 0.4) is 0 Å². The Kier molecular flexibility index (Phi) is 2.88. The molecule has 0 saturated carbocycles. The smallest absolute Gasteiger partial charge is 0.130 e. The molecule has 1 aromatic rings. The summed E-state index contributed by atoms with van der Waals surface area (Å²) < 4.78 is 0. The summed E-state index contributed by atoms with van der Waals surface area (Å²) >= 11 is 0. The number of hydrogen-bond donors (Lipinski definition) is 0. The fourth-order valence-corrected chi connectivity index (χ4v) is 2.80. The van der Waals surface area contributed by atoms with E-state index in [2.05, 4.69) is 64.5 Å². The van der Waals surface area contributed by atoms with Gasteiger partial charge in [-0.3, -0.25) is 9.98 Å². The number of rotatable bonds is 0. The molecular weight excluding hydrogens is 220 g/mol. The van der Waals surface area contributed by atoms with Crippen molar-refractivity contribution in [2.24, 2.45) is 9.98 Å². The lowest BCUT2D eigenvalue weighted by Crippen LogP contribution is -2.39. The molecule has 0 aromatic heterocycles. The zero-order valence-corrected chi connectivity index (χ0v) is 12.7. The van der Waals surface area contributed by atoms with Gasteiger partial charge in [-0.1, -0.05) is 47.6 Å². The zero-order valence-electron chi connectivity index (χ0n) is 12.7. The first kappa shape index (κ1) is 13.3. The summed E-state index contributed by atoms with van der Waals surface area (Å²) in [5, 5.41) is 2.26. The van der Waals surface area contributed by atoms with Crippen LogP contribution in [0.5, 0.6) is 0 Å². The van der Waals surface area contributed by atoms with Crippen LogP contribution in [0.15, 0.2) is 16.1 Å². The molecule has 1 aromatic carbocycles. The van der Waals surface area contributed by atoms with Gasteiger partial charge in [0.2, 0.25) is 0 Å². The first-order valence-electron chi connectivity index (χ1n) is 6.66. The van der Waals surface area contributed by atoms with Crippen molar-refractivity contribution >= 4 is 0 Å². The summed E-state index contributed by atoms with van der Waals surface area (Å²) in [4.78, 5) is 9.25. The molecule has 0 amide bonds. The van der Waals surface area contributed by atoms with Crippen LogP contribution in [0.1, 0.15) is 58.2 Å². The SMILES string of the molecule is Cc1cc(C(C)(C)C)c2c(c1C(C)(C)C)=NCN=2. The normalized spacial score (nSPS) is 15.1. The van der Waals surface area contributed by atoms with Crippen LogP contribution in [-0.4, -0.2) is 6.67 Å². The molecule has 2 heteroatoms. The number of hydrogen-bond acceptors (Lipinski definition) is 2. The Labute approximate surface area is 110 Å². The van der Waals surface area contributed by atoms with Crippen molar-refractivity contribution in [3.05, 3.63) is 33.5 Å². The monoisotopic (exact) mass is 244 g/mol. The van der Waals surface area contributed by atoms with E-state index in [0.29, 0.717) is 6.67 Å². The van der Waals surface area contributed by atoms with Crippen LogP contribution in [0, 0.1) is 6.92 Å². The average Bonchev–Trinajstić information content (AvgIpc) is 2.60. The van der Waals surface area contributed by atoms with Gasteiger partial charge in [0.1, 0.15) is 6.67 Å². The largest absolute Gasteiger partial charge is 0.259 e. The number of aryl methyl sites for hydroxylation is 1. The van der Waals surface area contributed by atoms with E-state index in [1.807, 2.05) is 0 Å². The minimum atomic E-state index is 0.119. The maximum absolute atomic E-state index is 4.63. The van der Waals surface area contributed by atoms with Gasteiger partial charge in [0.25, 0.3) is 0 Å². The zero-order chi connectivity index (χ0) is 13.7. The third-order valence-corrected chi connectivity index (χ3v) is 3.49. The molecule has 1 heterocycles. The lowest BCUT2D eigenvalue weighted by molar-refractivity contribution is 0.562. The van der Waals surface area contributed by atoms with Gasteiger partial charge in [-0.15, -0.1) is 0 Å². The third-order valence-electron chi connectivity index (χ3n) is 3.49. The van der Waals surface area contributed by atoms with Gasteiger partial charge in [-0.05, 0) is 34.4 Å². The van der Waals surface area contributed by atoms with Gasteiger partial charge in [0, 0.05) is 0 Å². The second-order valence-electron chi connectivity index (χ2n) is 7.27. The fraction of sp³-hybridized carbons (Fsp3) is 0.625. The first-order chi connectivity index (χ1) is 8.12. The molecule has 0 bridgehead atoms. The highest BCUT2D eigenvalue weighted by Gasteiger charge is 2.25. The highest BCUT2D eigenvalue weighted by atomic mass is 15.0. The quantitative estimate of drug-likeness (QED) is 0.670. The molecule has 2 nitrogen and oxygen atoms in total. The van der Waals surface area contributed by atoms with Crippen molar-refractivity contribution in [1.82, 2.24) is 0 Å².